The summed E-state index contributed by atoms with van der Waals surface area (Å²) in [5.74, 6) is -0.939. The third-order valence-electron chi connectivity index (χ3n) is 5.04. The zero-order valence-electron chi connectivity index (χ0n) is 18.3. The summed E-state index contributed by atoms with van der Waals surface area (Å²) in [4.78, 5) is 25.8. The molecule has 0 fully saturated rings. The van der Waals surface area contributed by atoms with Crippen molar-refractivity contribution in [1.29, 1.82) is 0 Å². The van der Waals surface area contributed by atoms with E-state index in [2.05, 4.69) is 13.8 Å². The van der Waals surface area contributed by atoms with Gasteiger partial charge in [0.25, 0.3) is 0 Å². The lowest BCUT2D eigenvalue weighted by Crippen LogP contribution is -2.16. The van der Waals surface area contributed by atoms with Crippen LogP contribution in [0.1, 0.15) is 85.9 Å². The molecule has 0 saturated heterocycles. The smallest absolute Gasteiger partial charge is 0.339 e. The molecule has 0 heterocycles. The highest BCUT2D eigenvalue weighted by Gasteiger charge is 2.23. The number of carbonyl (C=O) groups is 2. The molecule has 0 atom stereocenters. The van der Waals surface area contributed by atoms with Crippen molar-refractivity contribution < 1.29 is 19.1 Å². The Kier molecular flexibility index (Phi) is 10.7. The number of hydrogen-bond donors (Lipinski definition) is 0. The van der Waals surface area contributed by atoms with Gasteiger partial charge < -0.3 is 9.47 Å². The average Bonchev–Trinajstić information content (AvgIpc) is 2.78. The fraction of sp³-hybridized carbons (Fsp3) is 0.462. The van der Waals surface area contributed by atoms with Gasteiger partial charge in [-0.15, -0.1) is 0 Å². The molecule has 2 aromatic carbocycles. The SMILES string of the molecule is CCCCCCOC(=O)c1cccc(-c2ccccc2)c1C(=O)OCCCCCC. The molecule has 0 aromatic heterocycles. The summed E-state index contributed by atoms with van der Waals surface area (Å²) in [5.41, 5.74) is 2.12. The minimum atomic E-state index is -0.470. The molecule has 2 rings (SSSR count). The maximum Gasteiger partial charge on any atom is 0.339 e. The van der Waals surface area contributed by atoms with Gasteiger partial charge in [0.2, 0.25) is 0 Å². The zero-order chi connectivity index (χ0) is 21.6. The van der Waals surface area contributed by atoms with Crippen LogP contribution in [-0.4, -0.2) is 25.2 Å². The van der Waals surface area contributed by atoms with E-state index in [0.717, 1.165) is 56.9 Å². The fourth-order valence-electron chi connectivity index (χ4n) is 3.34. The van der Waals surface area contributed by atoms with E-state index in [0.29, 0.717) is 18.8 Å². The summed E-state index contributed by atoms with van der Waals surface area (Å²) < 4.78 is 11.0. The van der Waals surface area contributed by atoms with Crippen molar-refractivity contribution in [2.45, 2.75) is 65.2 Å². The van der Waals surface area contributed by atoms with E-state index in [1.807, 2.05) is 36.4 Å². The van der Waals surface area contributed by atoms with Crippen LogP contribution in [0.3, 0.4) is 0 Å². The molecule has 0 saturated carbocycles. The van der Waals surface area contributed by atoms with Gasteiger partial charge in [0, 0.05) is 0 Å². The number of unbranched alkanes of at least 4 members (excludes halogenated alkanes) is 6. The molecular formula is C26H34O4. The Balaban J connectivity index is 2.21. The van der Waals surface area contributed by atoms with E-state index in [4.69, 9.17) is 9.47 Å². The predicted octanol–water partition coefficient (Wildman–Crippen LogP) is 6.83. The van der Waals surface area contributed by atoms with Gasteiger partial charge in [-0.1, -0.05) is 94.8 Å². The van der Waals surface area contributed by atoms with Crippen molar-refractivity contribution in [2.75, 3.05) is 13.2 Å². The van der Waals surface area contributed by atoms with Gasteiger partial charge in [-0.05, 0) is 30.0 Å². The summed E-state index contributed by atoms with van der Waals surface area (Å²) >= 11 is 0. The first kappa shape index (κ1) is 23.7. The van der Waals surface area contributed by atoms with E-state index in [-0.39, 0.29) is 11.1 Å². The van der Waals surface area contributed by atoms with Gasteiger partial charge in [-0.3, -0.25) is 0 Å². The van der Waals surface area contributed by atoms with Crippen LogP contribution in [-0.2, 0) is 9.47 Å². The molecular weight excluding hydrogens is 376 g/mol. The van der Waals surface area contributed by atoms with E-state index >= 15 is 0 Å². The molecule has 30 heavy (non-hydrogen) atoms. The topological polar surface area (TPSA) is 52.6 Å². The van der Waals surface area contributed by atoms with Gasteiger partial charge >= 0.3 is 11.9 Å². The molecule has 0 unspecified atom stereocenters. The van der Waals surface area contributed by atoms with Crippen LogP contribution >= 0.6 is 0 Å². The normalized spacial score (nSPS) is 10.6. The Morgan fingerprint density at radius 3 is 1.87 bits per heavy atom. The molecule has 162 valence electrons. The quantitative estimate of drug-likeness (QED) is 0.268. The highest BCUT2D eigenvalue weighted by atomic mass is 16.5. The highest BCUT2D eigenvalue weighted by molar-refractivity contribution is 6.07. The number of hydrogen-bond acceptors (Lipinski definition) is 4. The van der Waals surface area contributed by atoms with E-state index < -0.39 is 11.9 Å². The predicted molar refractivity (Wildman–Crippen MR) is 121 cm³/mol. The summed E-state index contributed by atoms with van der Waals surface area (Å²) in [7, 11) is 0. The summed E-state index contributed by atoms with van der Waals surface area (Å²) in [6.07, 6.45) is 8.20. The van der Waals surface area contributed by atoms with Crippen LogP contribution in [0.4, 0.5) is 0 Å². The number of esters is 2. The van der Waals surface area contributed by atoms with Crippen LogP contribution in [0.15, 0.2) is 48.5 Å². The second-order valence-electron chi connectivity index (χ2n) is 7.49. The molecule has 0 aliphatic carbocycles. The van der Waals surface area contributed by atoms with Gasteiger partial charge in [0.1, 0.15) is 0 Å². The largest absolute Gasteiger partial charge is 0.462 e. The Morgan fingerprint density at radius 1 is 0.667 bits per heavy atom. The monoisotopic (exact) mass is 410 g/mol. The molecule has 0 aliphatic rings. The molecule has 0 spiro atoms. The lowest BCUT2D eigenvalue weighted by Gasteiger charge is -2.14. The average molecular weight is 411 g/mol. The van der Waals surface area contributed by atoms with Crippen LogP contribution in [0.25, 0.3) is 11.1 Å². The first-order chi connectivity index (χ1) is 14.7. The summed E-state index contributed by atoms with van der Waals surface area (Å²) in [6, 6.07) is 14.9. The lowest BCUT2D eigenvalue weighted by atomic mass is 9.95. The van der Waals surface area contributed by atoms with E-state index in [9.17, 15) is 9.59 Å². The van der Waals surface area contributed by atoms with E-state index in [1.54, 1.807) is 12.1 Å². The van der Waals surface area contributed by atoms with Crippen molar-refractivity contribution in [1.82, 2.24) is 0 Å². The molecule has 4 heteroatoms. The summed E-state index contributed by atoms with van der Waals surface area (Å²) in [5, 5.41) is 0. The molecule has 0 amide bonds. The van der Waals surface area contributed by atoms with E-state index in [1.165, 1.54) is 0 Å². The Hall–Kier alpha value is -2.62. The van der Waals surface area contributed by atoms with Crippen LogP contribution in [0.5, 0.6) is 0 Å². The standard InChI is InChI=1S/C26H34O4/c1-3-5-7-12-19-29-25(27)23-18-14-17-22(21-15-10-9-11-16-21)24(23)26(28)30-20-13-8-6-4-2/h9-11,14-18H,3-8,12-13,19-20H2,1-2H3. The van der Waals surface area contributed by atoms with Crippen molar-refractivity contribution >= 4 is 11.9 Å². The van der Waals surface area contributed by atoms with Gasteiger partial charge in [0.05, 0.1) is 24.3 Å². The van der Waals surface area contributed by atoms with Gasteiger partial charge in [0.15, 0.2) is 0 Å². The number of benzene rings is 2. The summed E-state index contributed by atoms with van der Waals surface area (Å²) in [6.45, 7) is 5.00. The maximum atomic E-state index is 13.0. The Morgan fingerprint density at radius 2 is 1.27 bits per heavy atom. The number of carbonyl (C=O) groups excluding carboxylic acids is 2. The van der Waals surface area contributed by atoms with Crippen molar-refractivity contribution in [3.05, 3.63) is 59.7 Å². The third-order valence-corrected chi connectivity index (χ3v) is 5.04. The van der Waals surface area contributed by atoms with Crippen LogP contribution < -0.4 is 0 Å². The van der Waals surface area contributed by atoms with Crippen LogP contribution in [0, 0.1) is 0 Å². The molecule has 0 bridgehead atoms. The molecule has 0 N–H and O–H groups in total. The van der Waals surface area contributed by atoms with Crippen molar-refractivity contribution in [3.63, 3.8) is 0 Å². The molecule has 0 aliphatic heterocycles. The van der Waals surface area contributed by atoms with Gasteiger partial charge in [-0.25, -0.2) is 9.59 Å². The molecule has 4 nitrogen and oxygen atoms in total. The van der Waals surface area contributed by atoms with Crippen molar-refractivity contribution in [3.8, 4) is 11.1 Å². The Bertz CT molecular complexity index is 783. The maximum absolute atomic E-state index is 13.0. The first-order valence-electron chi connectivity index (χ1n) is 11.2. The first-order valence-corrected chi connectivity index (χ1v) is 11.2. The highest BCUT2D eigenvalue weighted by Crippen LogP contribution is 2.28. The fourth-order valence-corrected chi connectivity index (χ4v) is 3.34. The number of ether oxygens (including phenoxy) is 2. The zero-order valence-corrected chi connectivity index (χ0v) is 18.3. The van der Waals surface area contributed by atoms with Crippen molar-refractivity contribution in [2.24, 2.45) is 0 Å². The third kappa shape index (κ3) is 7.33. The Labute approximate surface area is 180 Å². The molecule has 0 radical (unpaired) electrons. The minimum Gasteiger partial charge on any atom is -0.462 e. The minimum absolute atomic E-state index is 0.269. The second-order valence-corrected chi connectivity index (χ2v) is 7.49. The second kappa shape index (κ2) is 13.6. The van der Waals surface area contributed by atoms with Crippen LogP contribution in [0.2, 0.25) is 0 Å². The number of rotatable bonds is 13. The lowest BCUT2D eigenvalue weighted by molar-refractivity contribution is 0.0451. The molecule has 2 aromatic rings. The van der Waals surface area contributed by atoms with Gasteiger partial charge in [-0.2, -0.15) is 0 Å².